The second-order valence-electron chi connectivity index (χ2n) is 7.70. The summed E-state index contributed by atoms with van der Waals surface area (Å²) in [6, 6.07) is 0.937. The first kappa shape index (κ1) is 29.2. The maximum absolute atomic E-state index is 12.5. The van der Waals surface area contributed by atoms with E-state index in [1.165, 1.54) is 0 Å². The summed E-state index contributed by atoms with van der Waals surface area (Å²) in [5.74, 6) is 0. The van der Waals surface area contributed by atoms with E-state index >= 15 is 0 Å². The lowest BCUT2D eigenvalue weighted by molar-refractivity contribution is -0.277. The molecule has 0 spiro atoms. The number of aliphatic hydroxyl groups excluding tert-OH is 5. The minimum absolute atomic E-state index is 0.739. The molecule has 1 aromatic heterocycles. The van der Waals surface area contributed by atoms with Gasteiger partial charge in [-0.3, -0.25) is 27.9 Å². The van der Waals surface area contributed by atoms with Crippen LogP contribution in [0.5, 0.6) is 0 Å². The Morgan fingerprint density at radius 2 is 1.58 bits per heavy atom. The van der Waals surface area contributed by atoms with Crippen molar-refractivity contribution in [3.05, 3.63) is 33.1 Å². The van der Waals surface area contributed by atoms with E-state index in [0.29, 0.717) is 0 Å². The molecule has 2 aliphatic heterocycles. The van der Waals surface area contributed by atoms with Crippen molar-refractivity contribution in [1.82, 2.24) is 9.55 Å². The summed E-state index contributed by atoms with van der Waals surface area (Å²) in [5.41, 5.74) is -1.73. The Labute approximate surface area is 199 Å². The monoisotopic (exact) mass is 566 g/mol. The summed E-state index contributed by atoms with van der Waals surface area (Å²) in [4.78, 5) is 53.1. The lowest BCUT2D eigenvalue weighted by Crippen LogP contribution is -2.59. The number of rotatable bonds is 9. The number of hydrogen-bond acceptors (Lipinski definition) is 14. The van der Waals surface area contributed by atoms with Crippen molar-refractivity contribution in [3.63, 3.8) is 0 Å². The van der Waals surface area contributed by atoms with Gasteiger partial charge >= 0.3 is 21.3 Å². The second-order valence-corrected chi connectivity index (χ2v) is 10.3. The molecule has 19 nitrogen and oxygen atoms in total. The summed E-state index contributed by atoms with van der Waals surface area (Å²) < 4.78 is 48.2. The third-order valence-corrected chi connectivity index (χ3v) is 6.65. The fraction of sp³-hybridized carbons (Fsp3) is 0.733. The zero-order valence-electron chi connectivity index (χ0n) is 17.9. The molecule has 0 amide bonds. The zero-order valence-corrected chi connectivity index (χ0v) is 19.6. The van der Waals surface area contributed by atoms with E-state index in [2.05, 4.69) is 13.6 Å². The fourth-order valence-corrected chi connectivity index (χ4v) is 4.83. The van der Waals surface area contributed by atoms with Gasteiger partial charge in [-0.25, -0.2) is 13.9 Å². The highest BCUT2D eigenvalue weighted by Crippen LogP contribution is 2.49. The smallest absolute Gasteiger partial charge is 0.394 e. The second kappa shape index (κ2) is 11.2. The van der Waals surface area contributed by atoms with Crippen molar-refractivity contribution < 1.29 is 72.4 Å². The molecule has 0 bridgehead atoms. The number of hydrogen-bond donors (Lipinski definition) is 9. The van der Waals surface area contributed by atoms with Crippen molar-refractivity contribution in [2.24, 2.45) is 0 Å². The molecule has 36 heavy (non-hydrogen) atoms. The van der Waals surface area contributed by atoms with Crippen LogP contribution in [0.1, 0.15) is 6.23 Å². The van der Waals surface area contributed by atoms with Gasteiger partial charge < -0.3 is 49.7 Å². The number of nitrogens with one attached hydrogen (secondary N) is 1. The quantitative estimate of drug-likeness (QED) is 0.127. The first-order valence-electron chi connectivity index (χ1n) is 9.98. The molecule has 0 saturated carbocycles. The summed E-state index contributed by atoms with van der Waals surface area (Å²) >= 11 is 0. The topological polar surface area (TPSA) is 297 Å². The van der Waals surface area contributed by atoms with E-state index in [9.17, 15) is 49.1 Å². The molecular weight excluding hydrogens is 542 g/mol. The van der Waals surface area contributed by atoms with Gasteiger partial charge in [-0.05, 0) is 0 Å². The van der Waals surface area contributed by atoms with Crippen molar-refractivity contribution in [1.29, 1.82) is 0 Å². The highest BCUT2D eigenvalue weighted by molar-refractivity contribution is 7.47. The average molecular weight is 566 g/mol. The molecule has 0 aromatic carbocycles. The number of phosphoric acid groups is 2. The van der Waals surface area contributed by atoms with E-state index < -0.39 is 95.4 Å². The van der Waals surface area contributed by atoms with E-state index in [1.54, 1.807) is 0 Å². The molecule has 0 radical (unpaired) electrons. The molecule has 1 aromatic rings. The highest BCUT2D eigenvalue weighted by atomic mass is 31.2. The van der Waals surface area contributed by atoms with Crippen LogP contribution in [-0.4, -0.2) is 112 Å². The lowest BCUT2D eigenvalue weighted by atomic mass is 9.99. The normalized spacial score (nSPS) is 37.1. The van der Waals surface area contributed by atoms with Crippen LogP contribution in [0.4, 0.5) is 0 Å². The standard InChI is InChI=1S/C15H24N2O17P2/c18-3-5-8(20)10(22)12(14(32-5)34-35(25,26)27)33-36(28,29)30-4-6-9(21)11(23)13(31-6)17-2-1-7(19)16-15(17)24/h1-2,5-6,8-14,18,20-23H,3-4H2,(H,28,29)(H,16,19,24)(H2,25,26,27)/t5-,6-,8-,9-,10+,11-,12-,13-,14?/m1/s1. The van der Waals surface area contributed by atoms with E-state index in [-0.39, 0.29) is 0 Å². The maximum Gasteiger partial charge on any atom is 0.472 e. The van der Waals surface area contributed by atoms with E-state index in [4.69, 9.17) is 19.3 Å². The molecule has 2 aliphatic rings. The van der Waals surface area contributed by atoms with Crippen LogP contribution in [0.15, 0.2) is 21.9 Å². The summed E-state index contributed by atoms with van der Waals surface area (Å²) in [6.45, 7) is -1.89. The Balaban J connectivity index is 1.70. The van der Waals surface area contributed by atoms with Crippen LogP contribution in [0.25, 0.3) is 0 Å². The number of nitrogens with zero attached hydrogens (tertiary/aromatic N) is 1. The Kier molecular flexibility index (Phi) is 9.05. The van der Waals surface area contributed by atoms with E-state index in [0.717, 1.165) is 16.8 Å². The zero-order chi connectivity index (χ0) is 27.0. The number of aromatic nitrogens is 2. The van der Waals surface area contributed by atoms with Crippen molar-refractivity contribution in [3.8, 4) is 0 Å². The van der Waals surface area contributed by atoms with Crippen molar-refractivity contribution in [2.45, 2.75) is 55.2 Å². The fourth-order valence-electron chi connectivity index (χ4n) is 3.46. The Bertz CT molecular complexity index is 1120. The first-order valence-corrected chi connectivity index (χ1v) is 13.0. The minimum atomic E-state index is -5.33. The molecule has 2 fully saturated rings. The van der Waals surface area contributed by atoms with Gasteiger partial charge in [0, 0.05) is 12.3 Å². The van der Waals surface area contributed by atoms with Crippen LogP contribution < -0.4 is 11.2 Å². The summed E-state index contributed by atoms with van der Waals surface area (Å²) in [7, 11) is -10.6. The first-order chi connectivity index (χ1) is 16.6. The SMILES string of the molecule is O=c1ccn([C@@H]2O[C@H](COP(=O)(O)O[C@H]3C(OP(=O)(O)O)O[C@H](CO)[C@@H](O)[C@@H]3O)[C@@H](O)[C@H]2O)c(=O)[nH]1. The number of phosphoric ester groups is 2. The van der Waals surface area contributed by atoms with Crippen molar-refractivity contribution in [2.75, 3.05) is 13.2 Å². The third-order valence-electron chi connectivity index (χ3n) is 5.19. The Hall–Kier alpha value is -1.38. The van der Waals surface area contributed by atoms with Gasteiger partial charge in [-0.2, -0.15) is 0 Å². The van der Waals surface area contributed by atoms with Crippen molar-refractivity contribution >= 4 is 15.6 Å². The highest BCUT2D eigenvalue weighted by Gasteiger charge is 2.51. The lowest BCUT2D eigenvalue weighted by Gasteiger charge is -2.41. The molecule has 206 valence electrons. The van der Waals surface area contributed by atoms with Gasteiger partial charge in [0.1, 0.15) is 42.7 Å². The molecule has 3 rings (SSSR count). The van der Waals surface area contributed by atoms with Crippen LogP contribution in [-0.2, 0) is 32.2 Å². The molecule has 2 saturated heterocycles. The minimum Gasteiger partial charge on any atom is -0.394 e. The van der Waals surface area contributed by atoms with Gasteiger partial charge in [0.05, 0.1) is 13.2 Å². The molecular formula is C15H24N2O17P2. The van der Waals surface area contributed by atoms with Crippen LogP contribution in [0, 0.1) is 0 Å². The Morgan fingerprint density at radius 1 is 0.944 bits per heavy atom. The average Bonchev–Trinajstić information content (AvgIpc) is 3.05. The van der Waals surface area contributed by atoms with Crippen LogP contribution in [0.2, 0.25) is 0 Å². The molecule has 21 heteroatoms. The van der Waals surface area contributed by atoms with Gasteiger partial charge in [-0.1, -0.05) is 0 Å². The van der Waals surface area contributed by atoms with Crippen LogP contribution in [0.3, 0.4) is 0 Å². The third kappa shape index (κ3) is 6.73. The summed E-state index contributed by atoms with van der Waals surface area (Å²) in [6.07, 6.45) is -15.8. The number of aromatic amines is 1. The largest absolute Gasteiger partial charge is 0.472 e. The number of ether oxygens (including phenoxy) is 2. The van der Waals surface area contributed by atoms with Gasteiger partial charge in [0.15, 0.2) is 12.5 Å². The van der Waals surface area contributed by atoms with Crippen LogP contribution >= 0.6 is 15.6 Å². The van der Waals surface area contributed by atoms with Gasteiger partial charge in [0.25, 0.3) is 5.56 Å². The molecule has 0 aliphatic carbocycles. The number of aliphatic hydroxyl groups is 5. The molecule has 9 N–H and O–H groups in total. The summed E-state index contributed by atoms with van der Waals surface area (Å²) in [5, 5.41) is 49.7. The predicted molar refractivity (Wildman–Crippen MR) is 109 cm³/mol. The van der Waals surface area contributed by atoms with E-state index in [1.807, 2.05) is 4.98 Å². The predicted octanol–water partition coefficient (Wildman–Crippen LogP) is -4.79. The molecule has 2 unspecified atom stereocenters. The van der Waals surface area contributed by atoms with Gasteiger partial charge in [0.2, 0.25) is 0 Å². The Morgan fingerprint density at radius 3 is 2.17 bits per heavy atom. The number of H-pyrrole nitrogens is 1. The molecule has 3 heterocycles. The van der Waals surface area contributed by atoms with Gasteiger partial charge in [-0.15, -0.1) is 0 Å². The molecule has 10 atom stereocenters. The maximum atomic E-state index is 12.5.